The third-order valence-electron chi connectivity index (χ3n) is 10.2. The number of fused-ring (bicyclic) bond motifs is 2. The Kier molecular flexibility index (Phi) is 7.69. The van der Waals surface area contributed by atoms with Crippen molar-refractivity contribution >= 4 is 34.8 Å². The van der Waals surface area contributed by atoms with E-state index in [-0.39, 0.29) is 23.7 Å². The molecule has 0 radical (unpaired) electrons. The van der Waals surface area contributed by atoms with Crippen LogP contribution in [0.15, 0.2) is 77.2 Å². The maximum Gasteiger partial charge on any atom is 0.234 e. The number of aromatic amines is 2. The van der Waals surface area contributed by atoms with Gasteiger partial charge >= 0.3 is 0 Å². The van der Waals surface area contributed by atoms with Crippen LogP contribution in [-0.2, 0) is 9.59 Å². The minimum absolute atomic E-state index is 0.0887. The number of amides is 2. The van der Waals surface area contributed by atoms with Crippen LogP contribution in [0.2, 0.25) is 0 Å². The molecule has 246 valence electrons. The molecule has 3 aliphatic carbocycles. The number of aromatic nitrogens is 6. The van der Waals surface area contributed by atoms with Crippen molar-refractivity contribution in [2.24, 2.45) is 22.7 Å². The highest BCUT2D eigenvalue weighted by Gasteiger charge is 2.40. The van der Waals surface area contributed by atoms with Crippen LogP contribution in [0.4, 0.5) is 11.6 Å². The third-order valence-corrected chi connectivity index (χ3v) is 10.2. The molecule has 11 nitrogen and oxygen atoms in total. The van der Waals surface area contributed by atoms with Crippen molar-refractivity contribution in [2.45, 2.75) is 77.0 Å². The van der Waals surface area contributed by atoms with Crippen LogP contribution < -0.4 is 10.6 Å². The van der Waals surface area contributed by atoms with Crippen molar-refractivity contribution in [3.63, 3.8) is 0 Å². The Hall–Kier alpha value is -5.06. The van der Waals surface area contributed by atoms with Crippen LogP contribution >= 0.6 is 0 Å². The number of anilines is 2. The Balaban J connectivity index is 0.840. The average Bonchev–Trinajstić information content (AvgIpc) is 3.80. The summed E-state index contributed by atoms with van der Waals surface area (Å²) < 4.78 is 1.96. The first-order chi connectivity index (χ1) is 23.3. The molecule has 2 amide bonds. The molecule has 0 saturated heterocycles. The van der Waals surface area contributed by atoms with Gasteiger partial charge in [0.25, 0.3) is 0 Å². The zero-order valence-corrected chi connectivity index (χ0v) is 27.5. The van der Waals surface area contributed by atoms with Gasteiger partial charge in [0.2, 0.25) is 11.8 Å². The van der Waals surface area contributed by atoms with Crippen molar-refractivity contribution in [1.82, 2.24) is 29.8 Å². The summed E-state index contributed by atoms with van der Waals surface area (Å²) >= 11 is 0. The number of hydrogen-bond donors (Lipinski definition) is 4. The largest absolute Gasteiger partial charge is 0.309 e. The number of imidazole rings is 1. The van der Waals surface area contributed by atoms with E-state index >= 15 is 0 Å². The van der Waals surface area contributed by atoms with Crippen LogP contribution in [0.25, 0.3) is 5.65 Å². The Labute approximate surface area is 279 Å². The fourth-order valence-electron chi connectivity index (χ4n) is 6.87. The molecule has 4 aliphatic rings. The monoisotopic (exact) mass is 643 g/mol. The van der Waals surface area contributed by atoms with Gasteiger partial charge in [0.15, 0.2) is 11.6 Å². The summed E-state index contributed by atoms with van der Waals surface area (Å²) in [6, 6.07) is 7.89. The van der Waals surface area contributed by atoms with E-state index in [0.29, 0.717) is 29.4 Å². The lowest BCUT2D eigenvalue weighted by Crippen LogP contribution is -2.21. The predicted octanol–water partition coefficient (Wildman–Crippen LogP) is 6.71. The lowest BCUT2D eigenvalue weighted by molar-refractivity contribution is -0.118. The standard InChI is InChI=1S/C37H41N9O2/c1-20-7-12-35-39-32(19-46(35)18-20)22(3)37(48)41-34-17-31(43-45-34)27-14-26(27)13-23-5-4-6-25-15-29(38-28(25)11-8-23)21(2)36(47)40-33-16-30(42-44-33)24-9-10-24/h5,7-8,11-12,15-19,21-22,24-27H,4,6,9-10,13-14H2,1-3H3,(H2,40,42,44,47)(H2,41,43,45,48)/t21-,22+,25?,26?,27?/m1/s1. The molecule has 1 aliphatic heterocycles. The maximum atomic E-state index is 13.0. The molecule has 4 aromatic rings. The van der Waals surface area contributed by atoms with Gasteiger partial charge in [0.1, 0.15) is 5.65 Å². The SMILES string of the molecule is Cc1ccc2nc([C@H](C)C(=O)Nc3cc(C4CC4CC4=CCCC5C=C([C@@H](C)C(=O)Nc6cc(C7CC7)[nH]n6)N=C5C=C4)[nH]n3)cn2c1. The van der Waals surface area contributed by atoms with Gasteiger partial charge in [-0.2, -0.15) is 10.2 Å². The lowest BCUT2D eigenvalue weighted by Gasteiger charge is -2.12. The van der Waals surface area contributed by atoms with E-state index in [9.17, 15) is 9.59 Å². The molecule has 4 N–H and O–H groups in total. The van der Waals surface area contributed by atoms with Gasteiger partial charge in [-0.25, -0.2) is 4.98 Å². The second-order valence-corrected chi connectivity index (χ2v) is 14.0. The zero-order chi connectivity index (χ0) is 32.9. The fraction of sp³-hybridized carbons (Fsp3) is 0.405. The molecule has 11 heteroatoms. The van der Waals surface area contributed by atoms with Crippen molar-refractivity contribution in [2.75, 3.05) is 10.6 Å². The smallest absolute Gasteiger partial charge is 0.234 e. The number of carbonyl (C=O) groups excluding carboxylic acids is 2. The number of H-pyrrole nitrogens is 2. The van der Waals surface area contributed by atoms with Gasteiger partial charge in [0, 0.05) is 65.1 Å². The van der Waals surface area contributed by atoms with Crippen LogP contribution in [0, 0.1) is 24.7 Å². The van der Waals surface area contributed by atoms with Gasteiger partial charge in [0.05, 0.1) is 17.5 Å². The minimum Gasteiger partial charge on any atom is -0.309 e. The van der Waals surface area contributed by atoms with Gasteiger partial charge in [-0.15, -0.1) is 0 Å². The van der Waals surface area contributed by atoms with E-state index in [1.54, 1.807) is 0 Å². The molecule has 48 heavy (non-hydrogen) atoms. The van der Waals surface area contributed by atoms with Crippen molar-refractivity contribution in [3.05, 3.63) is 94.9 Å². The quantitative estimate of drug-likeness (QED) is 0.152. The fourth-order valence-corrected chi connectivity index (χ4v) is 6.87. The number of nitrogens with one attached hydrogen (secondary N) is 4. The van der Waals surface area contributed by atoms with Gasteiger partial charge < -0.3 is 15.0 Å². The number of carbonyl (C=O) groups is 2. The van der Waals surface area contributed by atoms with Gasteiger partial charge in [-0.1, -0.05) is 29.9 Å². The molecule has 8 rings (SSSR count). The van der Waals surface area contributed by atoms with E-state index in [1.807, 2.05) is 61.8 Å². The van der Waals surface area contributed by atoms with E-state index in [0.717, 1.165) is 65.4 Å². The summed E-state index contributed by atoms with van der Waals surface area (Å²) in [6.45, 7) is 5.81. The summed E-state index contributed by atoms with van der Waals surface area (Å²) in [4.78, 5) is 35.6. The van der Waals surface area contributed by atoms with Crippen molar-refractivity contribution in [3.8, 4) is 0 Å². The molecular weight excluding hydrogens is 602 g/mol. The molecule has 2 fully saturated rings. The number of rotatable bonds is 10. The lowest BCUT2D eigenvalue weighted by atomic mass is 9.92. The van der Waals surface area contributed by atoms with Crippen LogP contribution in [0.5, 0.6) is 0 Å². The maximum absolute atomic E-state index is 13.0. The Morgan fingerprint density at radius 1 is 0.958 bits per heavy atom. The normalized spacial score (nSPS) is 23.0. The second-order valence-electron chi connectivity index (χ2n) is 14.0. The Morgan fingerprint density at radius 2 is 1.71 bits per heavy atom. The highest BCUT2D eigenvalue weighted by Crippen LogP contribution is 2.51. The molecule has 5 heterocycles. The van der Waals surface area contributed by atoms with Crippen LogP contribution in [-0.4, -0.2) is 47.3 Å². The van der Waals surface area contributed by atoms with E-state index in [2.05, 4.69) is 60.3 Å². The highest BCUT2D eigenvalue weighted by molar-refractivity contribution is 6.02. The van der Waals surface area contributed by atoms with Gasteiger partial charge in [-0.3, -0.25) is 24.8 Å². The second kappa shape index (κ2) is 12.2. The molecule has 4 aromatic heterocycles. The van der Waals surface area contributed by atoms with Crippen molar-refractivity contribution < 1.29 is 9.59 Å². The van der Waals surface area contributed by atoms with E-state index in [1.165, 1.54) is 18.4 Å². The molecule has 0 bridgehead atoms. The number of aliphatic imine (C=N–C) groups is 1. The highest BCUT2D eigenvalue weighted by atomic mass is 16.2. The summed E-state index contributed by atoms with van der Waals surface area (Å²) in [6.07, 6.45) is 19.1. The first-order valence-electron chi connectivity index (χ1n) is 17.1. The Morgan fingerprint density at radius 3 is 2.50 bits per heavy atom. The number of nitrogens with zero attached hydrogens (tertiary/aromatic N) is 5. The average molecular weight is 644 g/mol. The topological polar surface area (TPSA) is 145 Å². The van der Waals surface area contributed by atoms with Crippen LogP contribution in [0.1, 0.15) is 92.8 Å². The number of allylic oxidation sites excluding steroid dienone is 5. The summed E-state index contributed by atoms with van der Waals surface area (Å²) in [5.74, 6) is 1.83. The molecule has 5 atom stereocenters. The third kappa shape index (κ3) is 6.28. The summed E-state index contributed by atoms with van der Waals surface area (Å²) in [5, 5.41) is 20.8. The molecule has 2 saturated carbocycles. The molecule has 0 aromatic carbocycles. The number of hydrogen-bond acceptors (Lipinski definition) is 6. The van der Waals surface area contributed by atoms with Crippen LogP contribution in [0.3, 0.4) is 0 Å². The van der Waals surface area contributed by atoms with Crippen molar-refractivity contribution in [1.29, 1.82) is 0 Å². The van der Waals surface area contributed by atoms with E-state index in [4.69, 9.17) is 4.99 Å². The minimum atomic E-state index is -0.408. The predicted molar refractivity (Wildman–Crippen MR) is 185 cm³/mol. The Bertz CT molecular complexity index is 2020. The van der Waals surface area contributed by atoms with Gasteiger partial charge in [-0.05, 0) is 82.9 Å². The summed E-state index contributed by atoms with van der Waals surface area (Å²) in [7, 11) is 0. The molecular formula is C37H41N9O2. The van der Waals surface area contributed by atoms with E-state index < -0.39 is 5.92 Å². The number of aryl methyl sites for hydroxylation is 1. The molecule has 3 unspecified atom stereocenters. The summed E-state index contributed by atoms with van der Waals surface area (Å²) in [5.41, 5.74) is 8.01. The zero-order valence-electron chi connectivity index (χ0n) is 27.5. The number of pyridine rings is 1. The first kappa shape index (κ1) is 30.3. The molecule has 0 spiro atoms. The first-order valence-corrected chi connectivity index (χ1v) is 17.1.